The second-order valence-electron chi connectivity index (χ2n) is 3.66. The summed E-state index contributed by atoms with van der Waals surface area (Å²) < 4.78 is 4.78. The van der Waals surface area contributed by atoms with Crippen molar-refractivity contribution in [1.29, 1.82) is 0 Å². The Morgan fingerprint density at radius 1 is 1.33 bits per heavy atom. The summed E-state index contributed by atoms with van der Waals surface area (Å²) in [6, 6.07) is -0.333. The van der Waals surface area contributed by atoms with Crippen molar-refractivity contribution in [3.8, 4) is 0 Å². The molecule has 1 heterocycles. The van der Waals surface area contributed by atoms with Crippen LogP contribution in [0.3, 0.4) is 0 Å². The molecule has 18 heavy (non-hydrogen) atoms. The van der Waals surface area contributed by atoms with Crippen molar-refractivity contribution in [1.82, 2.24) is 20.8 Å². The molecule has 3 N–H and O–H groups in total. The Labute approximate surface area is 104 Å². The predicted molar refractivity (Wildman–Crippen MR) is 61.0 cm³/mol. The molecule has 0 aromatic carbocycles. The number of aliphatic carboxylic acids is 1. The normalized spacial score (nSPS) is 10.1. The number of carboxylic acids is 1. The average Bonchev–Trinajstić information content (AvgIpc) is 2.70. The van der Waals surface area contributed by atoms with E-state index in [0.717, 1.165) is 0 Å². The van der Waals surface area contributed by atoms with Gasteiger partial charge in [0.1, 0.15) is 0 Å². The second kappa shape index (κ2) is 7.25. The predicted octanol–water partition coefficient (Wildman–Crippen LogP) is 0.0845. The Balaban J connectivity index is 2.05. The maximum atomic E-state index is 11.2. The average molecular weight is 256 g/mol. The SMILES string of the molecule is Cc1nc(CCNC(=O)NCCCC(=O)O)no1. The van der Waals surface area contributed by atoms with Gasteiger partial charge in [-0.05, 0) is 6.42 Å². The van der Waals surface area contributed by atoms with E-state index < -0.39 is 5.97 Å². The first-order chi connectivity index (χ1) is 8.58. The van der Waals surface area contributed by atoms with E-state index in [1.807, 2.05) is 0 Å². The Kier molecular flexibility index (Phi) is 5.62. The van der Waals surface area contributed by atoms with Crippen molar-refractivity contribution in [2.24, 2.45) is 0 Å². The molecule has 0 unspecified atom stereocenters. The molecule has 0 radical (unpaired) electrons. The number of hydrogen-bond donors (Lipinski definition) is 3. The Morgan fingerprint density at radius 3 is 2.67 bits per heavy atom. The van der Waals surface area contributed by atoms with Crippen molar-refractivity contribution >= 4 is 12.0 Å². The van der Waals surface area contributed by atoms with Gasteiger partial charge >= 0.3 is 12.0 Å². The first kappa shape index (κ1) is 13.9. The van der Waals surface area contributed by atoms with Crippen molar-refractivity contribution in [3.63, 3.8) is 0 Å². The third-order valence-corrected chi connectivity index (χ3v) is 2.06. The zero-order chi connectivity index (χ0) is 13.4. The smallest absolute Gasteiger partial charge is 0.314 e. The number of urea groups is 1. The number of amides is 2. The summed E-state index contributed by atoms with van der Waals surface area (Å²) >= 11 is 0. The number of rotatable bonds is 7. The van der Waals surface area contributed by atoms with Crippen LogP contribution in [0.1, 0.15) is 24.6 Å². The lowest BCUT2D eigenvalue weighted by Gasteiger charge is -2.05. The molecular formula is C10H16N4O4. The van der Waals surface area contributed by atoms with E-state index in [1.54, 1.807) is 6.92 Å². The quantitative estimate of drug-likeness (QED) is 0.595. The van der Waals surface area contributed by atoms with Crippen LogP contribution in [0.15, 0.2) is 4.52 Å². The summed E-state index contributed by atoms with van der Waals surface area (Å²) in [4.78, 5) is 25.5. The van der Waals surface area contributed by atoms with Gasteiger partial charge in [-0.3, -0.25) is 4.79 Å². The number of carboxylic acid groups (broad SMARTS) is 1. The second-order valence-corrected chi connectivity index (χ2v) is 3.66. The van der Waals surface area contributed by atoms with Crippen LogP contribution in [0.4, 0.5) is 4.79 Å². The largest absolute Gasteiger partial charge is 0.481 e. The summed E-state index contributed by atoms with van der Waals surface area (Å²) in [7, 11) is 0. The van der Waals surface area contributed by atoms with Crippen molar-refractivity contribution in [2.75, 3.05) is 13.1 Å². The highest BCUT2D eigenvalue weighted by atomic mass is 16.5. The van der Waals surface area contributed by atoms with Crippen LogP contribution >= 0.6 is 0 Å². The van der Waals surface area contributed by atoms with Gasteiger partial charge in [0.15, 0.2) is 5.82 Å². The molecule has 0 saturated carbocycles. The van der Waals surface area contributed by atoms with Gasteiger partial charge in [0.25, 0.3) is 0 Å². The molecule has 0 aliphatic heterocycles. The molecule has 1 aromatic rings. The zero-order valence-corrected chi connectivity index (χ0v) is 10.1. The minimum Gasteiger partial charge on any atom is -0.481 e. The van der Waals surface area contributed by atoms with Crippen LogP contribution in [0, 0.1) is 6.92 Å². The third-order valence-electron chi connectivity index (χ3n) is 2.06. The van der Waals surface area contributed by atoms with Gasteiger partial charge in [-0.15, -0.1) is 0 Å². The molecule has 8 heteroatoms. The highest BCUT2D eigenvalue weighted by Gasteiger charge is 2.04. The van der Waals surface area contributed by atoms with E-state index >= 15 is 0 Å². The lowest BCUT2D eigenvalue weighted by molar-refractivity contribution is -0.137. The molecule has 0 aliphatic carbocycles. The van der Waals surface area contributed by atoms with Crippen LogP contribution in [0.25, 0.3) is 0 Å². The molecule has 0 spiro atoms. The zero-order valence-electron chi connectivity index (χ0n) is 10.1. The van der Waals surface area contributed by atoms with Gasteiger partial charge in [0.05, 0.1) is 0 Å². The summed E-state index contributed by atoms with van der Waals surface area (Å²) in [6.07, 6.45) is 0.940. The minimum absolute atomic E-state index is 0.0441. The van der Waals surface area contributed by atoms with Crippen LogP contribution in [0.5, 0.6) is 0 Å². The van der Waals surface area contributed by atoms with Crippen molar-refractivity contribution in [2.45, 2.75) is 26.2 Å². The van der Waals surface area contributed by atoms with E-state index in [2.05, 4.69) is 20.8 Å². The van der Waals surface area contributed by atoms with Gasteiger partial charge in [-0.25, -0.2) is 4.79 Å². The topological polar surface area (TPSA) is 117 Å². The number of hydrogen-bond acceptors (Lipinski definition) is 5. The highest BCUT2D eigenvalue weighted by Crippen LogP contribution is 1.94. The van der Waals surface area contributed by atoms with E-state index in [0.29, 0.717) is 37.6 Å². The van der Waals surface area contributed by atoms with Gasteiger partial charge in [-0.2, -0.15) is 4.98 Å². The maximum absolute atomic E-state index is 11.2. The number of carbonyl (C=O) groups is 2. The molecule has 1 rings (SSSR count). The fraction of sp³-hybridized carbons (Fsp3) is 0.600. The van der Waals surface area contributed by atoms with E-state index in [9.17, 15) is 9.59 Å². The molecule has 0 bridgehead atoms. The Hall–Kier alpha value is -2.12. The standard InChI is InChI=1S/C10H16N4O4/c1-7-13-8(14-18-7)4-6-12-10(17)11-5-2-3-9(15)16/h2-6H2,1H3,(H,15,16)(H2,11,12,17). The number of carbonyl (C=O) groups excluding carboxylic acids is 1. The van der Waals surface area contributed by atoms with Crippen molar-refractivity contribution < 1.29 is 19.2 Å². The number of nitrogens with zero attached hydrogens (tertiary/aromatic N) is 2. The highest BCUT2D eigenvalue weighted by molar-refractivity contribution is 5.73. The third kappa shape index (κ3) is 5.83. The van der Waals surface area contributed by atoms with Gasteiger partial charge in [-0.1, -0.05) is 5.16 Å². The molecule has 0 aliphatic rings. The number of aromatic nitrogens is 2. The monoisotopic (exact) mass is 256 g/mol. The first-order valence-corrected chi connectivity index (χ1v) is 5.60. The van der Waals surface area contributed by atoms with Gasteiger partial charge < -0.3 is 20.3 Å². The molecule has 0 fully saturated rings. The fourth-order valence-corrected chi connectivity index (χ4v) is 1.23. The summed E-state index contributed by atoms with van der Waals surface area (Å²) in [5.41, 5.74) is 0. The lowest BCUT2D eigenvalue weighted by Crippen LogP contribution is -2.37. The van der Waals surface area contributed by atoms with Gasteiger partial charge in [0, 0.05) is 32.9 Å². The minimum atomic E-state index is -0.871. The molecule has 0 saturated heterocycles. The van der Waals surface area contributed by atoms with E-state index in [4.69, 9.17) is 9.63 Å². The Bertz CT molecular complexity index is 404. The van der Waals surface area contributed by atoms with E-state index in [1.165, 1.54) is 0 Å². The number of nitrogens with one attached hydrogen (secondary N) is 2. The van der Waals surface area contributed by atoms with Crippen LogP contribution in [-0.2, 0) is 11.2 Å². The van der Waals surface area contributed by atoms with Gasteiger partial charge in [0.2, 0.25) is 5.89 Å². The van der Waals surface area contributed by atoms with E-state index in [-0.39, 0.29) is 12.5 Å². The molecule has 8 nitrogen and oxygen atoms in total. The molecule has 1 aromatic heterocycles. The molecule has 2 amide bonds. The molecular weight excluding hydrogens is 240 g/mol. The first-order valence-electron chi connectivity index (χ1n) is 5.60. The summed E-state index contributed by atoms with van der Waals surface area (Å²) in [5.74, 6) is 0.159. The summed E-state index contributed by atoms with van der Waals surface area (Å²) in [5, 5.41) is 17.2. The van der Waals surface area contributed by atoms with Crippen molar-refractivity contribution in [3.05, 3.63) is 11.7 Å². The van der Waals surface area contributed by atoms with Crippen LogP contribution in [0.2, 0.25) is 0 Å². The summed E-state index contributed by atoms with van der Waals surface area (Å²) in [6.45, 7) is 2.42. The van der Waals surface area contributed by atoms with Crippen LogP contribution in [-0.4, -0.2) is 40.3 Å². The lowest BCUT2D eigenvalue weighted by atomic mass is 10.3. The fourth-order valence-electron chi connectivity index (χ4n) is 1.23. The maximum Gasteiger partial charge on any atom is 0.314 e. The Morgan fingerprint density at radius 2 is 2.06 bits per heavy atom. The van der Waals surface area contributed by atoms with Crippen LogP contribution < -0.4 is 10.6 Å². The molecule has 0 atom stereocenters. The molecule has 100 valence electrons. The number of aryl methyl sites for hydroxylation is 1.